The van der Waals surface area contributed by atoms with Gasteiger partial charge in [-0.3, -0.25) is 4.79 Å². The van der Waals surface area contributed by atoms with Crippen LogP contribution in [0, 0.1) is 6.92 Å². The Labute approximate surface area is 106 Å². The molecule has 1 aliphatic rings. The van der Waals surface area contributed by atoms with Crippen LogP contribution in [0.4, 0.5) is 0 Å². The van der Waals surface area contributed by atoms with E-state index < -0.39 is 10.0 Å². The van der Waals surface area contributed by atoms with E-state index in [1.807, 2.05) is 0 Å². The SMILES string of the molecule is Cc1nc(C2CCCCN2S(C)(=O)=O)cc(=O)[nH]1. The Morgan fingerprint density at radius 2 is 2.17 bits per heavy atom. The second-order valence-corrected chi connectivity index (χ2v) is 6.58. The van der Waals surface area contributed by atoms with E-state index in [9.17, 15) is 13.2 Å². The van der Waals surface area contributed by atoms with Gasteiger partial charge in [-0.1, -0.05) is 6.42 Å². The number of hydrogen-bond donors (Lipinski definition) is 1. The Hall–Kier alpha value is -1.21. The molecule has 18 heavy (non-hydrogen) atoms. The Kier molecular flexibility index (Phi) is 3.54. The fourth-order valence-corrected chi connectivity index (χ4v) is 3.51. The van der Waals surface area contributed by atoms with Gasteiger partial charge in [0.2, 0.25) is 10.0 Å². The molecular formula is C11H17N3O3S. The summed E-state index contributed by atoms with van der Waals surface area (Å²) in [7, 11) is -3.27. The van der Waals surface area contributed by atoms with Crippen LogP contribution in [0.3, 0.4) is 0 Å². The molecule has 0 aromatic carbocycles. The molecule has 0 radical (unpaired) electrons. The van der Waals surface area contributed by atoms with Gasteiger partial charge in [0.15, 0.2) is 0 Å². The van der Waals surface area contributed by atoms with E-state index in [0.29, 0.717) is 24.5 Å². The fourth-order valence-electron chi connectivity index (χ4n) is 2.37. The summed E-state index contributed by atoms with van der Waals surface area (Å²) in [5, 5.41) is 0. The molecular weight excluding hydrogens is 254 g/mol. The predicted molar refractivity (Wildman–Crippen MR) is 67.7 cm³/mol. The first-order valence-corrected chi connectivity index (χ1v) is 7.77. The average Bonchev–Trinajstić information content (AvgIpc) is 2.26. The van der Waals surface area contributed by atoms with Crippen LogP contribution in [-0.2, 0) is 10.0 Å². The summed E-state index contributed by atoms with van der Waals surface area (Å²) in [6, 6.07) is 1.08. The molecule has 0 amide bonds. The summed E-state index contributed by atoms with van der Waals surface area (Å²) in [5.74, 6) is 0.511. The van der Waals surface area contributed by atoms with Crippen LogP contribution in [0.25, 0.3) is 0 Å². The number of piperidine rings is 1. The third kappa shape index (κ3) is 2.78. The molecule has 2 heterocycles. The normalized spacial score (nSPS) is 22.0. The zero-order valence-corrected chi connectivity index (χ0v) is 11.3. The molecule has 1 aromatic heterocycles. The van der Waals surface area contributed by atoms with Crippen LogP contribution in [-0.4, -0.2) is 35.5 Å². The monoisotopic (exact) mass is 271 g/mol. The first-order valence-electron chi connectivity index (χ1n) is 5.92. The van der Waals surface area contributed by atoms with Crippen molar-refractivity contribution in [2.75, 3.05) is 12.8 Å². The zero-order chi connectivity index (χ0) is 13.3. The van der Waals surface area contributed by atoms with Gasteiger partial charge < -0.3 is 4.98 Å². The average molecular weight is 271 g/mol. The lowest BCUT2D eigenvalue weighted by atomic mass is 10.0. The quantitative estimate of drug-likeness (QED) is 0.852. The highest BCUT2D eigenvalue weighted by atomic mass is 32.2. The molecule has 0 bridgehead atoms. The van der Waals surface area contributed by atoms with Crippen LogP contribution in [0.1, 0.15) is 36.8 Å². The number of aryl methyl sites for hydroxylation is 1. The van der Waals surface area contributed by atoms with Gasteiger partial charge in [0.05, 0.1) is 18.0 Å². The number of rotatable bonds is 2. The Balaban J connectivity index is 2.43. The summed E-state index contributed by atoms with van der Waals surface area (Å²) in [6.07, 6.45) is 3.71. The highest BCUT2D eigenvalue weighted by molar-refractivity contribution is 7.88. The highest BCUT2D eigenvalue weighted by Gasteiger charge is 2.31. The maximum atomic E-state index is 11.8. The second kappa shape index (κ2) is 4.81. The first kappa shape index (κ1) is 13.2. The number of nitrogens with zero attached hydrogens (tertiary/aromatic N) is 2. The molecule has 2 rings (SSSR count). The molecule has 6 nitrogen and oxygen atoms in total. The van der Waals surface area contributed by atoms with Crippen LogP contribution >= 0.6 is 0 Å². The van der Waals surface area contributed by atoms with E-state index in [-0.39, 0.29) is 11.6 Å². The second-order valence-electron chi connectivity index (χ2n) is 4.64. The van der Waals surface area contributed by atoms with Gasteiger partial charge in [-0.25, -0.2) is 13.4 Å². The van der Waals surface area contributed by atoms with Gasteiger partial charge in [0, 0.05) is 12.6 Å². The van der Waals surface area contributed by atoms with Crippen molar-refractivity contribution in [1.29, 1.82) is 0 Å². The molecule has 0 spiro atoms. The zero-order valence-electron chi connectivity index (χ0n) is 10.5. The fraction of sp³-hybridized carbons (Fsp3) is 0.636. The van der Waals surface area contributed by atoms with Gasteiger partial charge >= 0.3 is 0 Å². The Bertz CT molecular complexity index is 594. The van der Waals surface area contributed by atoms with Gasteiger partial charge in [-0.05, 0) is 19.8 Å². The number of hydrogen-bond acceptors (Lipinski definition) is 4. The molecule has 7 heteroatoms. The van der Waals surface area contributed by atoms with Crippen LogP contribution in [0.2, 0.25) is 0 Å². The lowest BCUT2D eigenvalue weighted by Crippen LogP contribution is -2.38. The van der Waals surface area contributed by atoms with Gasteiger partial charge in [-0.15, -0.1) is 0 Å². The van der Waals surface area contributed by atoms with Crippen molar-refractivity contribution in [1.82, 2.24) is 14.3 Å². The van der Waals surface area contributed by atoms with Crippen LogP contribution in [0.15, 0.2) is 10.9 Å². The number of H-pyrrole nitrogens is 1. The Morgan fingerprint density at radius 1 is 1.44 bits per heavy atom. The number of aromatic amines is 1. The number of aromatic nitrogens is 2. The van der Waals surface area contributed by atoms with Crippen LogP contribution in [0.5, 0.6) is 0 Å². The van der Waals surface area contributed by atoms with Crippen LogP contribution < -0.4 is 5.56 Å². The molecule has 1 aromatic rings. The summed E-state index contributed by atoms with van der Waals surface area (Å²) in [4.78, 5) is 18.3. The van der Waals surface area contributed by atoms with Gasteiger partial charge in [-0.2, -0.15) is 4.31 Å². The minimum atomic E-state index is -3.27. The lowest BCUT2D eigenvalue weighted by Gasteiger charge is -2.33. The maximum Gasteiger partial charge on any atom is 0.251 e. The smallest absolute Gasteiger partial charge is 0.251 e. The first-order chi connectivity index (χ1) is 8.38. The van der Waals surface area contributed by atoms with E-state index >= 15 is 0 Å². The minimum absolute atomic E-state index is 0.239. The van der Waals surface area contributed by atoms with Crippen molar-refractivity contribution in [3.8, 4) is 0 Å². The summed E-state index contributed by atoms with van der Waals surface area (Å²) >= 11 is 0. The van der Waals surface area contributed by atoms with Gasteiger partial charge in [0.1, 0.15) is 5.82 Å². The topological polar surface area (TPSA) is 83.1 Å². The van der Waals surface area contributed by atoms with Crippen molar-refractivity contribution in [2.24, 2.45) is 0 Å². The van der Waals surface area contributed by atoms with Crippen molar-refractivity contribution in [2.45, 2.75) is 32.2 Å². The third-order valence-electron chi connectivity index (χ3n) is 3.10. The molecule has 0 aliphatic carbocycles. The van der Waals surface area contributed by atoms with E-state index in [2.05, 4.69) is 9.97 Å². The van der Waals surface area contributed by atoms with Crippen molar-refractivity contribution in [3.05, 3.63) is 27.9 Å². The molecule has 1 N–H and O–H groups in total. The standard InChI is InChI=1S/C11H17N3O3S/c1-8-12-9(7-11(15)13-8)10-5-3-4-6-14(10)18(2,16)17/h7,10H,3-6H2,1-2H3,(H,12,13,15). The molecule has 0 saturated carbocycles. The molecule has 1 saturated heterocycles. The van der Waals surface area contributed by atoms with Crippen molar-refractivity contribution < 1.29 is 8.42 Å². The Morgan fingerprint density at radius 3 is 2.78 bits per heavy atom. The molecule has 100 valence electrons. The van der Waals surface area contributed by atoms with E-state index in [1.54, 1.807) is 6.92 Å². The lowest BCUT2D eigenvalue weighted by molar-refractivity contribution is 0.252. The van der Waals surface area contributed by atoms with Crippen molar-refractivity contribution >= 4 is 10.0 Å². The van der Waals surface area contributed by atoms with E-state index in [4.69, 9.17) is 0 Å². The largest absolute Gasteiger partial charge is 0.311 e. The molecule has 1 fully saturated rings. The predicted octanol–water partition coefficient (Wildman–Crippen LogP) is 0.565. The third-order valence-corrected chi connectivity index (χ3v) is 4.39. The summed E-state index contributed by atoms with van der Waals surface area (Å²) in [6.45, 7) is 2.19. The van der Waals surface area contributed by atoms with E-state index in [1.165, 1.54) is 16.6 Å². The summed E-state index contributed by atoms with van der Waals surface area (Å²) in [5.41, 5.74) is 0.304. The molecule has 1 unspecified atom stereocenters. The number of sulfonamides is 1. The minimum Gasteiger partial charge on any atom is -0.311 e. The van der Waals surface area contributed by atoms with Crippen molar-refractivity contribution in [3.63, 3.8) is 0 Å². The maximum absolute atomic E-state index is 11.8. The molecule has 1 atom stereocenters. The highest BCUT2D eigenvalue weighted by Crippen LogP contribution is 2.30. The number of nitrogens with one attached hydrogen (secondary N) is 1. The molecule has 1 aliphatic heterocycles. The summed E-state index contributed by atoms with van der Waals surface area (Å²) < 4.78 is 24.9. The van der Waals surface area contributed by atoms with Gasteiger partial charge in [0.25, 0.3) is 5.56 Å². The van der Waals surface area contributed by atoms with E-state index in [0.717, 1.165) is 12.8 Å².